The number of methoxy groups -OCH3 is 2. The lowest BCUT2D eigenvalue weighted by molar-refractivity contribution is 0.0628. The van der Waals surface area contributed by atoms with Gasteiger partial charge in [0.05, 0.1) is 29.3 Å². The molecule has 1 fully saturated rings. The molecule has 0 aliphatic carbocycles. The summed E-state index contributed by atoms with van der Waals surface area (Å²) < 4.78 is 11.7. The lowest BCUT2D eigenvalue weighted by Gasteiger charge is -2.35. The fraction of sp³-hybridized carbons (Fsp3) is 0.350. The van der Waals surface area contributed by atoms with E-state index in [0.29, 0.717) is 40.2 Å². The Kier molecular flexibility index (Phi) is 7.10. The van der Waals surface area contributed by atoms with Gasteiger partial charge in [0, 0.05) is 37.7 Å². The predicted octanol–water partition coefficient (Wildman–Crippen LogP) is 4.73. The van der Waals surface area contributed by atoms with Crippen LogP contribution in [-0.4, -0.2) is 56.1 Å². The molecule has 0 N–H and O–H groups in total. The summed E-state index contributed by atoms with van der Waals surface area (Å²) in [5, 5.41) is 0.904. The number of nitrogens with zero attached hydrogens (tertiary/aromatic N) is 2. The Morgan fingerprint density at radius 2 is 1.79 bits per heavy atom. The molecule has 8 heteroatoms. The van der Waals surface area contributed by atoms with E-state index in [2.05, 4.69) is 20.8 Å². The molecule has 0 atom stereocenters. The molecule has 1 aliphatic heterocycles. The van der Waals surface area contributed by atoms with Gasteiger partial charge >= 0.3 is 0 Å². The second-order valence-corrected chi connectivity index (χ2v) is 8.10. The summed E-state index contributed by atoms with van der Waals surface area (Å²) in [6.45, 7) is 3.59. The van der Waals surface area contributed by atoms with Crippen LogP contribution in [0.4, 0.5) is 0 Å². The first-order chi connectivity index (χ1) is 13.4. The maximum Gasteiger partial charge on any atom is 0.255 e. The van der Waals surface area contributed by atoms with Crippen molar-refractivity contribution in [1.82, 2.24) is 9.80 Å². The van der Waals surface area contributed by atoms with Crippen molar-refractivity contribution in [3.8, 4) is 11.5 Å². The summed E-state index contributed by atoms with van der Waals surface area (Å²) in [6.07, 6.45) is 0. The van der Waals surface area contributed by atoms with Crippen molar-refractivity contribution in [3.63, 3.8) is 0 Å². The van der Waals surface area contributed by atoms with Crippen LogP contribution in [0.3, 0.4) is 0 Å². The van der Waals surface area contributed by atoms with Crippen molar-refractivity contribution in [2.45, 2.75) is 6.54 Å². The zero-order chi connectivity index (χ0) is 20.3. The summed E-state index contributed by atoms with van der Waals surface area (Å²) in [6, 6.07) is 8.89. The highest BCUT2D eigenvalue weighted by atomic mass is 79.9. The summed E-state index contributed by atoms with van der Waals surface area (Å²) >= 11 is 15.7. The Morgan fingerprint density at radius 3 is 2.39 bits per heavy atom. The van der Waals surface area contributed by atoms with E-state index >= 15 is 0 Å². The van der Waals surface area contributed by atoms with Crippen molar-refractivity contribution in [1.29, 1.82) is 0 Å². The molecule has 2 aromatic rings. The molecule has 0 saturated carbocycles. The van der Waals surface area contributed by atoms with E-state index in [9.17, 15) is 4.79 Å². The average molecular weight is 488 g/mol. The van der Waals surface area contributed by atoms with Crippen LogP contribution in [0.2, 0.25) is 10.0 Å². The molecule has 3 rings (SSSR count). The smallest absolute Gasteiger partial charge is 0.255 e. The van der Waals surface area contributed by atoms with E-state index in [1.165, 1.54) is 0 Å². The standard InChI is InChI=1S/C20H21BrCl2N2O3/c1-27-17-6-3-13(18(21)19(17)28-2)12-24-7-9-25(10-8-24)20(26)15-5-4-14(22)11-16(15)23/h3-6,11H,7-10,12H2,1-2H3. The van der Waals surface area contributed by atoms with Gasteiger partial charge in [-0.1, -0.05) is 29.3 Å². The maximum absolute atomic E-state index is 12.7. The molecule has 0 aromatic heterocycles. The van der Waals surface area contributed by atoms with Gasteiger partial charge in [-0.05, 0) is 45.8 Å². The molecule has 2 aromatic carbocycles. The van der Waals surface area contributed by atoms with Gasteiger partial charge < -0.3 is 14.4 Å². The first-order valence-corrected chi connectivity index (χ1v) is 10.4. The fourth-order valence-electron chi connectivity index (χ4n) is 3.24. The molecule has 1 aliphatic rings. The first kappa shape index (κ1) is 21.2. The number of ether oxygens (including phenoxy) is 2. The molecule has 1 heterocycles. The molecule has 0 spiro atoms. The van der Waals surface area contributed by atoms with Crippen LogP contribution in [0.5, 0.6) is 11.5 Å². The Hall–Kier alpha value is -1.47. The number of carbonyl (C=O) groups excluding carboxylic acids is 1. The normalized spacial score (nSPS) is 14.8. The lowest BCUT2D eigenvalue weighted by Crippen LogP contribution is -2.48. The average Bonchev–Trinajstić information content (AvgIpc) is 2.69. The van der Waals surface area contributed by atoms with Crippen molar-refractivity contribution in [3.05, 3.63) is 56.0 Å². The van der Waals surface area contributed by atoms with Crippen LogP contribution < -0.4 is 9.47 Å². The highest BCUT2D eigenvalue weighted by Crippen LogP contribution is 2.38. The third-order valence-corrected chi connectivity index (χ3v) is 6.20. The second-order valence-electron chi connectivity index (χ2n) is 6.47. The summed E-state index contributed by atoms with van der Waals surface area (Å²) in [5.41, 5.74) is 1.60. The quantitative estimate of drug-likeness (QED) is 0.611. The summed E-state index contributed by atoms with van der Waals surface area (Å²) in [5.74, 6) is 1.31. The topological polar surface area (TPSA) is 42.0 Å². The highest BCUT2D eigenvalue weighted by Gasteiger charge is 2.24. The number of piperazine rings is 1. The molecular weight excluding hydrogens is 467 g/mol. The van der Waals surface area contributed by atoms with Gasteiger partial charge in [0.15, 0.2) is 11.5 Å². The van der Waals surface area contributed by atoms with Gasteiger partial charge in [0.1, 0.15) is 0 Å². The molecule has 1 saturated heterocycles. The Balaban J connectivity index is 1.64. The van der Waals surface area contributed by atoms with Crippen LogP contribution in [0.15, 0.2) is 34.8 Å². The zero-order valence-electron chi connectivity index (χ0n) is 15.7. The Morgan fingerprint density at radius 1 is 1.07 bits per heavy atom. The van der Waals surface area contributed by atoms with Crippen LogP contribution in [-0.2, 0) is 6.54 Å². The third-order valence-electron chi connectivity index (χ3n) is 4.78. The van der Waals surface area contributed by atoms with Crippen molar-refractivity contribution in [2.75, 3.05) is 40.4 Å². The Labute approximate surface area is 183 Å². The number of amides is 1. The molecule has 1 amide bonds. The third kappa shape index (κ3) is 4.57. The fourth-order valence-corrected chi connectivity index (χ4v) is 4.34. The molecular formula is C20H21BrCl2N2O3. The van der Waals surface area contributed by atoms with Crippen LogP contribution in [0.1, 0.15) is 15.9 Å². The minimum Gasteiger partial charge on any atom is -0.493 e. The molecule has 0 bridgehead atoms. The Bertz CT molecular complexity index is 871. The predicted molar refractivity (Wildman–Crippen MR) is 115 cm³/mol. The van der Waals surface area contributed by atoms with Gasteiger partial charge in [-0.2, -0.15) is 0 Å². The van der Waals surface area contributed by atoms with E-state index in [0.717, 1.165) is 29.7 Å². The van der Waals surface area contributed by atoms with E-state index < -0.39 is 0 Å². The lowest BCUT2D eigenvalue weighted by atomic mass is 10.1. The molecule has 5 nitrogen and oxygen atoms in total. The number of hydrogen-bond donors (Lipinski definition) is 0. The largest absolute Gasteiger partial charge is 0.493 e. The van der Waals surface area contributed by atoms with Crippen molar-refractivity contribution >= 4 is 45.0 Å². The van der Waals surface area contributed by atoms with Gasteiger partial charge in [0.2, 0.25) is 0 Å². The highest BCUT2D eigenvalue weighted by molar-refractivity contribution is 9.10. The number of benzene rings is 2. The van der Waals surface area contributed by atoms with Crippen LogP contribution >= 0.6 is 39.1 Å². The molecule has 150 valence electrons. The van der Waals surface area contributed by atoms with E-state index in [-0.39, 0.29) is 5.91 Å². The van der Waals surface area contributed by atoms with Crippen LogP contribution in [0, 0.1) is 0 Å². The summed E-state index contributed by atoms with van der Waals surface area (Å²) in [4.78, 5) is 16.9. The molecule has 0 unspecified atom stereocenters. The minimum absolute atomic E-state index is 0.0615. The van der Waals surface area contributed by atoms with Gasteiger partial charge in [-0.15, -0.1) is 0 Å². The number of rotatable bonds is 5. The van der Waals surface area contributed by atoms with E-state index in [1.807, 2.05) is 17.0 Å². The van der Waals surface area contributed by atoms with E-state index in [1.54, 1.807) is 32.4 Å². The van der Waals surface area contributed by atoms with E-state index in [4.69, 9.17) is 32.7 Å². The van der Waals surface area contributed by atoms with Crippen molar-refractivity contribution < 1.29 is 14.3 Å². The van der Waals surface area contributed by atoms with Gasteiger partial charge in [0.25, 0.3) is 5.91 Å². The monoisotopic (exact) mass is 486 g/mol. The number of carbonyl (C=O) groups is 1. The van der Waals surface area contributed by atoms with Crippen LogP contribution in [0.25, 0.3) is 0 Å². The minimum atomic E-state index is -0.0615. The van der Waals surface area contributed by atoms with Gasteiger partial charge in [-0.3, -0.25) is 9.69 Å². The second kappa shape index (κ2) is 9.35. The zero-order valence-corrected chi connectivity index (χ0v) is 18.8. The number of hydrogen-bond acceptors (Lipinski definition) is 4. The van der Waals surface area contributed by atoms with Gasteiger partial charge in [-0.25, -0.2) is 0 Å². The number of halogens is 3. The summed E-state index contributed by atoms with van der Waals surface area (Å²) in [7, 11) is 3.24. The molecule has 0 radical (unpaired) electrons. The maximum atomic E-state index is 12.7. The molecule has 28 heavy (non-hydrogen) atoms. The SMILES string of the molecule is COc1ccc(CN2CCN(C(=O)c3ccc(Cl)cc3Cl)CC2)c(Br)c1OC. The van der Waals surface area contributed by atoms with Crippen molar-refractivity contribution in [2.24, 2.45) is 0 Å². The first-order valence-electron chi connectivity index (χ1n) is 8.80.